The number of nitrogens with zero attached hydrogens (tertiary/aromatic N) is 1. The second-order valence-corrected chi connectivity index (χ2v) is 13.8. The molecule has 3 heteroatoms. The van der Waals surface area contributed by atoms with Crippen LogP contribution in [0.4, 0.5) is 0 Å². The fourth-order valence-electron chi connectivity index (χ4n) is 7.38. The van der Waals surface area contributed by atoms with Gasteiger partial charge in [-0.3, -0.25) is 4.79 Å². The third-order valence-corrected chi connectivity index (χ3v) is 10.7. The summed E-state index contributed by atoms with van der Waals surface area (Å²) in [4.78, 5) is 16.1. The van der Waals surface area contributed by atoms with Gasteiger partial charge < -0.3 is 4.90 Å². The van der Waals surface area contributed by atoms with Crippen molar-refractivity contribution in [3.8, 4) is 0 Å². The molecular weight excluding hydrogens is 543 g/mol. The minimum atomic E-state index is 0.204. The molecule has 1 aliphatic rings. The molecule has 43 heavy (non-hydrogen) atoms. The van der Waals surface area contributed by atoms with Crippen LogP contribution < -0.4 is 0 Å². The summed E-state index contributed by atoms with van der Waals surface area (Å²) in [6, 6.07) is 16.2. The van der Waals surface area contributed by atoms with E-state index in [-0.39, 0.29) is 5.92 Å². The maximum absolute atomic E-state index is 13.4. The summed E-state index contributed by atoms with van der Waals surface area (Å²) in [7, 11) is 0. The summed E-state index contributed by atoms with van der Waals surface area (Å²) >= 11 is 4.87. The van der Waals surface area contributed by atoms with E-state index < -0.39 is 0 Å². The number of ketones is 1. The average Bonchev–Trinajstić information content (AvgIpc) is 2.99. The molecule has 4 unspecified atom stereocenters. The molecule has 0 N–H and O–H groups in total. The van der Waals surface area contributed by atoms with E-state index in [0.29, 0.717) is 30.0 Å². The highest BCUT2D eigenvalue weighted by Gasteiger charge is 2.27. The summed E-state index contributed by atoms with van der Waals surface area (Å²) < 4.78 is 0. The molecule has 2 aromatic carbocycles. The maximum atomic E-state index is 13.4. The van der Waals surface area contributed by atoms with Crippen molar-refractivity contribution in [3.63, 3.8) is 0 Å². The monoisotopic (exact) mass is 601 g/mol. The molecule has 0 bridgehead atoms. The number of carbonyl (C=O) groups is 1. The van der Waals surface area contributed by atoms with Crippen molar-refractivity contribution >= 4 is 23.0 Å². The lowest BCUT2D eigenvalue weighted by molar-refractivity contribution is -0.124. The summed E-state index contributed by atoms with van der Waals surface area (Å²) in [5.41, 5.74) is 7.01. The molecule has 2 aromatic rings. The molecule has 2 nitrogen and oxygen atoms in total. The molecule has 0 amide bonds. The molecule has 0 spiro atoms. The van der Waals surface area contributed by atoms with E-state index in [9.17, 15) is 4.79 Å². The van der Waals surface area contributed by atoms with Crippen molar-refractivity contribution in [1.29, 1.82) is 0 Å². The number of hydrogen-bond donors (Lipinski definition) is 0. The minimum absolute atomic E-state index is 0.204. The van der Waals surface area contributed by atoms with E-state index in [0.717, 1.165) is 38.0 Å². The smallest absolute Gasteiger partial charge is 0.136 e. The number of hydrogen-bond acceptors (Lipinski definition) is 3. The highest BCUT2D eigenvalue weighted by molar-refractivity contribution is 7.78. The first-order valence-electron chi connectivity index (χ1n) is 17.4. The normalized spacial score (nSPS) is 19.3. The fourth-order valence-corrected chi connectivity index (χ4v) is 7.50. The molecule has 1 aliphatic heterocycles. The van der Waals surface area contributed by atoms with Crippen LogP contribution in [-0.4, -0.2) is 35.3 Å². The molecule has 1 fully saturated rings. The molecule has 1 heterocycles. The summed E-state index contributed by atoms with van der Waals surface area (Å²) in [5.74, 6) is 2.86. The highest BCUT2D eigenvalue weighted by atomic mass is 32.1. The number of benzene rings is 2. The Morgan fingerprint density at radius 1 is 1.05 bits per heavy atom. The van der Waals surface area contributed by atoms with Crippen LogP contribution >= 0.6 is 12.2 Å². The van der Waals surface area contributed by atoms with Crippen molar-refractivity contribution in [2.45, 2.75) is 124 Å². The van der Waals surface area contributed by atoms with E-state index in [4.69, 9.17) is 12.2 Å². The molecular formula is C40H59NOS. The van der Waals surface area contributed by atoms with Gasteiger partial charge in [0, 0.05) is 12.3 Å². The zero-order valence-corrected chi connectivity index (χ0v) is 29.0. The quantitative estimate of drug-likeness (QED) is 0.141. The van der Waals surface area contributed by atoms with Crippen molar-refractivity contribution in [3.05, 3.63) is 76.4 Å². The van der Waals surface area contributed by atoms with Gasteiger partial charge in [-0.25, -0.2) is 0 Å². The number of Topliss-reactive ketones (excluding diaryl/α,β-unsaturated/α-hetero) is 1. The van der Waals surface area contributed by atoms with E-state index in [1.54, 1.807) is 0 Å². The Morgan fingerprint density at radius 3 is 2.49 bits per heavy atom. The van der Waals surface area contributed by atoms with Gasteiger partial charge in [-0.05, 0) is 155 Å². The third-order valence-electron chi connectivity index (χ3n) is 10.5. The lowest BCUT2D eigenvalue weighted by atomic mass is 9.77. The zero-order chi connectivity index (χ0) is 31.2. The predicted octanol–water partition coefficient (Wildman–Crippen LogP) is 10.6. The SMILES string of the molecule is CCC(CC)C(=O)CC(CCCCN1CCCC(c2ccc(C)cc2)C(C)CC1)C(C)c1cc(CCC=C=S)ccc1C. The zero-order valence-electron chi connectivity index (χ0n) is 28.2. The molecule has 236 valence electrons. The van der Waals surface area contributed by atoms with Crippen molar-refractivity contribution in [2.75, 3.05) is 19.6 Å². The topological polar surface area (TPSA) is 20.3 Å². The molecule has 0 saturated carbocycles. The van der Waals surface area contributed by atoms with Gasteiger partial charge >= 0.3 is 0 Å². The van der Waals surface area contributed by atoms with Gasteiger partial charge in [-0.15, -0.1) is 0 Å². The Labute approximate surface area is 269 Å². The van der Waals surface area contributed by atoms with E-state index in [1.165, 1.54) is 79.6 Å². The van der Waals surface area contributed by atoms with Gasteiger partial charge in [0.15, 0.2) is 0 Å². The van der Waals surface area contributed by atoms with Crippen LogP contribution in [0.3, 0.4) is 0 Å². The largest absolute Gasteiger partial charge is 0.303 e. The van der Waals surface area contributed by atoms with Crippen LogP contribution in [0.15, 0.2) is 48.5 Å². The second-order valence-electron chi connectivity index (χ2n) is 13.5. The first kappa shape index (κ1) is 35.4. The van der Waals surface area contributed by atoms with Crippen LogP contribution in [0.5, 0.6) is 0 Å². The van der Waals surface area contributed by atoms with E-state index in [2.05, 4.69) is 93.9 Å². The molecule has 0 aliphatic carbocycles. The van der Waals surface area contributed by atoms with E-state index in [1.807, 2.05) is 6.08 Å². The average molecular weight is 602 g/mol. The number of thiocarbonyl (C=S) groups is 1. The minimum Gasteiger partial charge on any atom is -0.303 e. The van der Waals surface area contributed by atoms with Crippen LogP contribution in [0.25, 0.3) is 0 Å². The first-order chi connectivity index (χ1) is 20.8. The lowest BCUT2D eigenvalue weighted by Gasteiger charge is -2.32. The summed E-state index contributed by atoms with van der Waals surface area (Å²) in [6.45, 7) is 17.2. The highest BCUT2D eigenvalue weighted by Crippen LogP contribution is 2.36. The molecule has 1 saturated heterocycles. The standard InChI is InChI=1S/C40H59NOS/c1-7-35(8-2)40(42)29-37(33(6)39-28-34(14-10-12-27-43)20-19-31(39)4)15-9-11-24-41-25-13-16-38(32(5)23-26-41)36-21-17-30(3)18-22-36/h12,17-22,28,32-33,35,37-38H,7-11,13-16,23-26,29H2,1-6H3. The Kier molecular flexibility index (Phi) is 15.4. The third kappa shape index (κ3) is 11.1. The van der Waals surface area contributed by atoms with Crippen LogP contribution in [0, 0.1) is 31.6 Å². The van der Waals surface area contributed by atoms with Crippen molar-refractivity contribution < 1.29 is 4.79 Å². The van der Waals surface area contributed by atoms with Crippen LogP contribution in [0.1, 0.15) is 132 Å². The predicted molar refractivity (Wildman–Crippen MR) is 189 cm³/mol. The lowest BCUT2D eigenvalue weighted by Crippen LogP contribution is -2.32. The summed E-state index contributed by atoms with van der Waals surface area (Å²) in [6.07, 6.45) is 13.9. The number of allylic oxidation sites excluding steroid dienone is 1. The van der Waals surface area contributed by atoms with Crippen molar-refractivity contribution in [1.82, 2.24) is 4.90 Å². The number of aryl methyl sites for hydroxylation is 3. The second kappa shape index (κ2) is 18.7. The molecule has 4 atom stereocenters. The number of unbranched alkanes of at least 4 members (excludes halogenated alkanes) is 1. The Bertz CT molecular complexity index is 1160. The molecule has 3 rings (SSSR count). The van der Waals surface area contributed by atoms with Gasteiger partial charge in [-0.1, -0.05) is 87.2 Å². The van der Waals surface area contributed by atoms with Gasteiger partial charge in [0.1, 0.15) is 5.78 Å². The molecule has 0 aromatic heterocycles. The van der Waals surface area contributed by atoms with Gasteiger partial charge in [0.2, 0.25) is 0 Å². The molecule has 0 radical (unpaired) electrons. The van der Waals surface area contributed by atoms with Gasteiger partial charge in [0.05, 0.1) is 0 Å². The number of carbonyl (C=O) groups excluding carboxylic acids is 1. The Hall–Kier alpha value is -2.06. The Balaban J connectivity index is 1.60. The van der Waals surface area contributed by atoms with Gasteiger partial charge in [-0.2, -0.15) is 0 Å². The number of likely N-dealkylation sites (tertiary alicyclic amines) is 1. The number of rotatable bonds is 16. The maximum Gasteiger partial charge on any atom is 0.136 e. The summed E-state index contributed by atoms with van der Waals surface area (Å²) in [5, 5.41) is 2.74. The van der Waals surface area contributed by atoms with E-state index >= 15 is 0 Å². The van der Waals surface area contributed by atoms with Crippen LogP contribution in [0.2, 0.25) is 0 Å². The van der Waals surface area contributed by atoms with Crippen LogP contribution in [-0.2, 0) is 11.2 Å². The van der Waals surface area contributed by atoms with Crippen molar-refractivity contribution in [2.24, 2.45) is 17.8 Å². The first-order valence-corrected chi connectivity index (χ1v) is 17.8. The fraction of sp³-hybridized carbons (Fsp3) is 0.625. The Morgan fingerprint density at radius 2 is 1.79 bits per heavy atom. The van der Waals surface area contributed by atoms with Gasteiger partial charge in [0.25, 0.3) is 0 Å².